The Balaban J connectivity index is 1.24. The molecule has 0 spiro atoms. The number of carbonyl (C=O) groups excluding carboxylic acids is 3. The van der Waals surface area contributed by atoms with Gasteiger partial charge in [0.1, 0.15) is 35.6 Å². The number of carbonyl (C=O) groups is 3. The second-order valence-corrected chi connectivity index (χ2v) is 9.68. The molecule has 3 heterocycles. The molecule has 1 aromatic heterocycles. The number of amides is 4. The standard InChI is InChI=1S/C30H29N5O6/c1-3-31-29(38)35-18-30(39,19-35)13-11-20-9-10-26-25(15-20)34(2)28(37)24(17-40-26)33-27(36)23-16-22(12-14-32-23)41-21-7-5-4-6-8-21/h4-10,12,14-16,24,39H,3,17-19H2,1-2H3,(H,31,38)(H,33,36). The van der Waals surface area contributed by atoms with Gasteiger partial charge in [0.25, 0.3) is 11.8 Å². The first kappa shape index (κ1) is 27.5. The number of aromatic nitrogens is 1. The highest BCUT2D eigenvalue weighted by atomic mass is 16.5. The molecule has 1 saturated heterocycles. The van der Waals surface area contributed by atoms with Crippen LogP contribution in [0.3, 0.4) is 0 Å². The molecule has 11 nitrogen and oxygen atoms in total. The van der Waals surface area contributed by atoms with Crippen molar-refractivity contribution >= 4 is 23.5 Å². The zero-order chi connectivity index (χ0) is 29.0. The second-order valence-electron chi connectivity index (χ2n) is 9.68. The van der Waals surface area contributed by atoms with Crippen molar-refractivity contribution in [2.75, 3.05) is 38.2 Å². The Morgan fingerprint density at radius 3 is 2.68 bits per heavy atom. The number of likely N-dealkylation sites (N-methyl/N-ethyl adjacent to an activating group) is 1. The van der Waals surface area contributed by atoms with Crippen molar-refractivity contribution < 1.29 is 29.0 Å². The maximum atomic E-state index is 13.3. The van der Waals surface area contributed by atoms with Crippen LogP contribution in [0.2, 0.25) is 0 Å². The quantitative estimate of drug-likeness (QED) is 0.411. The topological polar surface area (TPSA) is 133 Å². The Kier molecular flexibility index (Phi) is 7.76. The molecule has 0 saturated carbocycles. The van der Waals surface area contributed by atoms with E-state index in [4.69, 9.17) is 9.47 Å². The zero-order valence-electron chi connectivity index (χ0n) is 22.6. The molecule has 11 heteroatoms. The van der Waals surface area contributed by atoms with Crippen molar-refractivity contribution in [2.45, 2.75) is 18.6 Å². The molecule has 2 aromatic carbocycles. The summed E-state index contributed by atoms with van der Waals surface area (Å²) in [6, 6.07) is 16.1. The minimum absolute atomic E-state index is 0.0808. The predicted molar refractivity (Wildman–Crippen MR) is 150 cm³/mol. The third kappa shape index (κ3) is 6.23. The number of hydrogen-bond acceptors (Lipinski definition) is 7. The normalized spacial score (nSPS) is 17.0. The number of nitrogens with zero attached hydrogens (tertiary/aromatic N) is 3. The summed E-state index contributed by atoms with van der Waals surface area (Å²) in [7, 11) is 1.59. The van der Waals surface area contributed by atoms with Crippen LogP contribution >= 0.6 is 0 Å². The summed E-state index contributed by atoms with van der Waals surface area (Å²) in [6.07, 6.45) is 1.46. The van der Waals surface area contributed by atoms with E-state index in [1.165, 1.54) is 22.1 Å². The summed E-state index contributed by atoms with van der Waals surface area (Å²) < 4.78 is 11.6. The Morgan fingerprint density at radius 2 is 1.93 bits per heavy atom. The second kappa shape index (κ2) is 11.6. The molecule has 1 fully saturated rings. The van der Waals surface area contributed by atoms with Crippen molar-refractivity contribution in [3.63, 3.8) is 0 Å². The van der Waals surface area contributed by atoms with Crippen molar-refractivity contribution in [3.8, 4) is 29.1 Å². The van der Waals surface area contributed by atoms with Gasteiger partial charge in [-0.1, -0.05) is 30.0 Å². The van der Waals surface area contributed by atoms with E-state index in [9.17, 15) is 19.5 Å². The number of rotatable bonds is 5. The molecule has 4 amide bonds. The number of likely N-dealkylation sites (tertiary alicyclic amines) is 1. The van der Waals surface area contributed by atoms with Gasteiger partial charge in [0.05, 0.1) is 18.8 Å². The minimum atomic E-state index is -1.30. The Labute approximate surface area is 237 Å². The fourth-order valence-electron chi connectivity index (χ4n) is 4.39. The van der Waals surface area contributed by atoms with E-state index in [0.29, 0.717) is 35.0 Å². The summed E-state index contributed by atoms with van der Waals surface area (Å²) in [5, 5.41) is 16.0. The average molecular weight is 556 g/mol. The molecule has 1 atom stereocenters. The molecule has 2 aliphatic rings. The van der Waals surface area contributed by atoms with E-state index in [2.05, 4.69) is 27.5 Å². The highest BCUT2D eigenvalue weighted by molar-refractivity contribution is 6.03. The number of fused-ring (bicyclic) bond motifs is 1. The van der Waals surface area contributed by atoms with Gasteiger partial charge in [-0.15, -0.1) is 0 Å². The van der Waals surface area contributed by atoms with Gasteiger partial charge in [-0.25, -0.2) is 4.79 Å². The van der Waals surface area contributed by atoms with Crippen LogP contribution in [0.15, 0.2) is 66.9 Å². The van der Waals surface area contributed by atoms with Gasteiger partial charge in [-0.2, -0.15) is 0 Å². The summed E-state index contributed by atoms with van der Waals surface area (Å²) >= 11 is 0. The summed E-state index contributed by atoms with van der Waals surface area (Å²) in [4.78, 5) is 45.2. The fraction of sp³-hybridized carbons (Fsp3) is 0.267. The number of β-amino-alcohol motifs (C(OH)–C–C–N with tert-alkyl or cyclic N) is 1. The van der Waals surface area contributed by atoms with Crippen LogP contribution in [0.1, 0.15) is 23.0 Å². The summed E-state index contributed by atoms with van der Waals surface area (Å²) in [5.74, 6) is 6.32. The van der Waals surface area contributed by atoms with Gasteiger partial charge >= 0.3 is 6.03 Å². The molecule has 0 radical (unpaired) electrons. The zero-order valence-corrected chi connectivity index (χ0v) is 22.6. The van der Waals surface area contributed by atoms with Crippen LogP contribution in [0.4, 0.5) is 10.5 Å². The molecule has 41 heavy (non-hydrogen) atoms. The number of urea groups is 1. The maximum absolute atomic E-state index is 13.3. The number of nitrogens with one attached hydrogen (secondary N) is 2. The number of pyridine rings is 1. The van der Waals surface area contributed by atoms with Crippen molar-refractivity contribution in [3.05, 3.63) is 78.1 Å². The van der Waals surface area contributed by atoms with Crippen molar-refractivity contribution in [1.29, 1.82) is 0 Å². The molecule has 2 aliphatic heterocycles. The monoisotopic (exact) mass is 555 g/mol. The first-order chi connectivity index (χ1) is 19.7. The summed E-state index contributed by atoms with van der Waals surface area (Å²) in [5.41, 5.74) is -0.186. The van der Waals surface area contributed by atoms with E-state index in [1.807, 2.05) is 25.1 Å². The van der Waals surface area contributed by atoms with Crippen LogP contribution < -0.4 is 25.0 Å². The summed E-state index contributed by atoms with van der Waals surface area (Å²) in [6.45, 7) is 2.46. The van der Waals surface area contributed by atoms with E-state index in [-0.39, 0.29) is 37.3 Å². The highest BCUT2D eigenvalue weighted by Gasteiger charge is 2.42. The largest absolute Gasteiger partial charge is 0.489 e. The number of benzene rings is 2. The first-order valence-corrected chi connectivity index (χ1v) is 13.1. The third-order valence-corrected chi connectivity index (χ3v) is 6.56. The molecule has 1 unspecified atom stereocenters. The molecule has 3 aromatic rings. The van der Waals surface area contributed by atoms with Gasteiger partial charge in [-0.3, -0.25) is 14.6 Å². The van der Waals surface area contributed by atoms with Crippen LogP contribution in [0.5, 0.6) is 17.2 Å². The predicted octanol–water partition coefficient (Wildman–Crippen LogP) is 2.16. The Morgan fingerprint density at radius 1 is 1.15 bits per heavy atom. The lowest BCUT2D eigenvalue weighted by Gasteiger charge is -2.42. The van der Waals surface area contributed by atoms with E-state index in [1.54, 1.807) is 43.4 Å². The molecular weight excluding hydrogens is 526 g/mol. The highest BCUT2D eigenvalue weighted by Crippen LogP contribution is 2.32. The minimum Gasteiger partial charge on any atom is -0.489 e. The smallest absolute Gasteiger partial charge is 0.317 e. The lowest BCUT2D eigenvalue weighted by molar-refractivity contribution is -0.120. The molecule has 210 valence electrons. The number of hydrogen-bond donors (Lipinski definition) is 3. The van der Waals surface area contributed by atoms with Gasteiger partial charge in [-0.05, 0) is 43.3 Å². The average Bonchev–Trinajstić information content (AvgIpc) is 3.07. The van der Waals surface area contributed by atoms with Gasteiger partial charge in [0.2, 0.25) is 0 Å². The number of ether oxygens (including phenoxy) is 2. The van der Waals surface area contributed by atoms with Gasteiger partial charge in [0.15, 0.2) is 5.60 Å². The molecule has 0 bridgehead atoms. The van der Waals surface area contributed by atoms with Gasteiger partial charge < -0.3 is 35.0 Å². The van der Waals surface area contributed by atoms with Crippen LogP contribution in [0, 0.1) is 11.8 Å². The SMILES string of the molecule is CCNC(=O)N1CC(O)(C#Cc2ccc3c(c2)N(C)C(=O)C(NC(=O)c2cc(Oc4ccccc4)ccn2)CO3)C1. The van der Waals surface area contributed by atoms with Crippen molar-refractivity contribution in [1.82, 2.24) is 20.5 Å². The third-order valence-electron chi connectivity index (χ3n) is 6.56. The fourth-order valence-corrected chi connectivity index (χ4v) is 4.39. The molecule has 0 aliphatic carbocycles. The van der Waals surface area contributed by atoms with Crippen LogP contribution in [-0.2, 0) is 4.79 Å². The van der Waals surface area contributed by atoms with E-state index in [0.717, 1.165) is 0 Å². The van der Waals surface area contributed by atoms with Crippen LogP contribution in [0.25, 0.3) is 0 Å². The lowest BCUT2D eigenvalue weighted by Crippen LogP contribution is -2.64. The molecule has 5 rings (SSSR count). The lowest BCUT2D eigenvalue weighted by atomic mass is 9.95. The number of aliphatic hydroxyl groups is 1. The number of para-hydroxylation sites is 1. The Hall–Kier alpha value is -5.08. The van der Waals surface area contributed by atoms with E-state index >= 15 is 0 Å². The number of anilines is 1. The van der Waals surface area contributed by atoms with E-state index < -0.39 is 17.6 Å². The van der Waals surface area contributed by atoms with Crippen molar-refractivity contribution in [2.24, 2.45) is 0 Å². The first-order valence-electron chi connectivity index (χ1n) is 13.1. The van der Waals surface area contributed by atoms with Crippen LogP contribution in [-0.4, -0.2) is 77.8 Å². The maximum Gasteiger partial charge on any atom is 0.317 e. The molecular formula is C30H29N5O6. The Bertz CT molecular complexity index is 1530. The van der Waals surface area contributed by atoms with Gasteiger partial charge in [0, 0.05) is 31.4 Å². The molecule has 3 N–H and O–H groups in total.